The van der Waals surface area contributed by atoms with Crippen LogP contribution < -0.4 is 10.6 Å². The van der Waals surface area contributed by atoms with Gasteiger partial charge in [0.25, 0.3) is 0 Å². The van der Waals surface area contributed by atoms with Crippen molar-refractivity contribution < 1.29 is 0 Å². The van der Waals surface area contributed by atoms with Gasteiger partial charge in [-0.05, 0) is 48.9 Å². The molecule has 2 heteroatoms. The first-order chi connectivity index (χ1) is 8.88. The summed E-state index contributed by atoms with van der Waals surface area (Å²) in [6.45, 7) is 1.02. The van der Waals surface area contributed by atoms with Gasteiger partial charge in [-0.2, -0.15) is 0 Å². The lowest BCUT2D eigenvalue weighted by atomic mass is 9.87. The predicted octanol–water partition coefficient (Wildman–Crippen LogP) is 2.97. The summed E-state index contributed by atoms with van der Waals surface area (Å²) in [5, 5.41) is 6.86. The van der Waals surface area contributed by atoms with Crippen LogP contribution in [0.3, 0.4) is 0 Å². The molecule has 2 aliphatic rings. The second-order valence-corrected chi connectivity index (χ2v) is 4.76. The van der Waals surface area contributed by atoms with E-state index in [1.165, 1.54) is 22.4 Å². The molecule has 0 radical (unpaired) electrons. The Hall–Kier alpha value is -1.80. The maximum Gasteiger partial charge on any atom is 0.0731 e. The minimum Gasteiger partial charge on any atom is -0.374 e. The Labute approximate surface area is 108 Å². The lowest BCUT2D eigenvalue weighted by Gasteiger charge is -2.31. The number of allylic oxidation sites excluding steroid dienone is 2. The quantitative estimate of drug-likeness (QED) is 0.846. The van der Waals surface area contributed by atoms with Crippen molar-refractivity contribution in [2.24, 2.45) is 0 Å². The lowest BCUT2D eigenvalue weighted by Crippen LogP contribution is -2.29. The van der Waals surface area contributed by atoms with Crippen LogP contribution in [0.15, 0.2) is 53.6 Å². The second kappa shape index (κ2) is 4.83. The molecule has 0 saturated heterocycles. The first kappa shape index (κ1) is 11.3. The van der Waals surface area contributed by atoms with Gasteiger partial charge in [0, 0.05) is 5.69 Å². The summed E-state index contributed by atoms with van der Waals surface area (Å²) in [5.74, 6) is 0. The van der Waals surface area contributed by atoms with Gasteiger partial charge >= 0.3 is 0 Å². The largest absolute Gasteiger partial charge is 0.374 e. The zero-order valence-electron chi connectivity index (χ0n) is 10.6. The summed E-state index contributed by atoms with van der Waals surface area (Å²) in [5.41, 5.74) is 5.33. The number of rotatable bonds is 3. The fourth-order valence-electron chi connectivity index (χ4n) is 2.58. The monoisotopic (exact) mass is 238 g/mol. The summed E-state index contributed by atoms with van der Waals surface area (Å²) < 4.78 is 0. The van der Waals surface area contributed by atoms with E-state index in [1.54, 1.807) is 0 Å². The predicted molar refractivity (Wildman–Crippen MR) is 77.6 cm³/mol. The summed E-state index contributed by atoms with van der Waals surface area (Å²) in [6, 6.07) is 8.82. The molecule has 0 aromatic heterocycles. The molecule has 1 atom stereocenters. The molecule has 0 amide bonds. The molecule has 2 nitrogen and oxygen atoms in total. The molecule has 1 aliphatic heterocycles. The van der Waals surface area contributed by atoms with E-state index >= 15 is 0 Å². The van der Waals surface area contributed by atoms with Gasteiger partial charge in [-0.3, -0.25) is 0 Å². The molecule has 18 heavy (non-hydrogen) atoms. The summed E-state index contributed by atoms with van der Waals surface area (Å²) in [6.07, 6.45) is 9.97. The minimum absolute atomic E-state index is 0.346. The third-order valence-electron chi connectivity index (χ3n) is 3.55. The standard InChI is InChI=1S/C16H18N2/c1-17-10-9-12-6-4-7-14-11-13-5-2-3-8-15(13)18-16(12)14/h2-8,11,16-18H,9-10H2,1H3. The fraction of sp³-hybridized carbons (Fsp3) is 0.250. The highest BCUT2D eigenvalue weighted by atomic mass is 14.9. The topological polar surface area (TPSA) is 24.1 Å². The van der Waals surface area contributed by atoms with Crippen LogP contribution >= 0.6 is 0 Å². The van der Waals surface area contributed by atoms with Crippen LogP contribution in [0.5, 0.6) is 0 Å². The van der Waals surface area contributed by atoms with Gasteiger partial charge in [-0.25, -0.2) is 0 Å². The fourth-order valence-corrected chi connectivity index (χ4v) is 2.58. The number of fused-ring (bicyclic) bond motifs is 2. The number of anilines is 1. The van der Waals surface area contributed by atoms with E-state index in [0.717, 1.165) is 13.0 Å². The third kappa shape index (κ3) is 2.00. The lowest BCUT2D eigenvalue weighted by molar-refractivity contribution is 0.752. The van der Waals surface area contributed by atoms with Crippen molar-refractivity contribution in [3.8, 4) is 0 Å². The Bertz CT molecular complexity index is 538. The Balaban J connectivity index is 1.91. The van der Waals surface area contributed by atoms with E-state index in [4.69, 9.17) is 0 Å². The zero-order chi connectivity index (χ0) is 12.4. The van der Waals surface area contributed by atoms with Crippen LogP contribution in [0.4, 0.5) is 5.69 Å². The Kier molecular flexibility index (Phi) is 3.03. The molecule has 0 bridgehead atoms. The third-order valence-corrected chi connectivity index (χ3v) is 3.55. The van der Waals surface area contributed by atoms with Crippen molar-refractivity contribution in [1.29, 1.82) is 0 Å². The molecule has 1 aliphatic carbocycles. The summed E-state index contributed by atoms with van der Waals surface area (Å²) >= 11 is 0. The molecule has 0 fully saturated rings. The van der Waals surface area contributed by atoms with Crippen molar-refractivity contribution in [3.63, 3.8) is 0 Å². The molecule has 1 unspecified atom stereocenters. The van der Waals surface area contributed by atoms with Gasteiger partial charge in [0.05, 0.1) is 6.04 Å². The van der Waals surface area contributed by atoms with E-state index in [9.17, 15) is 0 Å². The first-order valence-electron chi connectivity index (χ1n) is 6.47. The van der Waals surface area contributed by atoms with Gasteiger partial charge in [0.15, 0.2) is 0 Å². The SMILES string of the molecule is CNCCC1=CC=CC2=Cc3ccccc3NC21. The van der Waals surface area contributed by atoms with Crippen LogP contribution in [0.2, 0.25) is 0 Å². The van der Waals surface area contributed by atoms with Crippen LogP contribution in [-0.2, 0) is 0 Å². The van der Waals surface area contributed by atoms with Crippen LogP contribution in [0.1, 0.15) is 12.0 Å². The minimum atomic E-state index is 0.346. The maximum absolute atomic E-state index is 3.64. The van der Waals surface area contributed by atoms with Gasteiger partial charge in [0.2, 0.25) is 0 Å². The molecular formula is C16H18N2. The molecule has 3 rings (SSSR count). The highest BCUT2D eigenvalue weighted by Gasteiger charge is 2.23. The van der Waals surface area contributed by atoms with Gasteiger partial charge in [0.1, 0.15) is 0 Å². The Morgan fingerprint density at radius 1 is 1.28 bits per heavy atom. The molecule has 1 aromatic rings. The average molecular weight is 238 g/mol. The van der Waals surface area contributed by atoms with Crippen molar-refractivity contribution in [3.05, 3.63) is 59.2 Å². The molecule has 0 saturated carbocycles. The number of hydrogen-bond acceptors (Lipinski definition) is 2. The molecule has 1 heterocycles. The van der Waals surface area contributed by atoms with Crippen LogP contribution in [0, 0.1) is 0 Å². The van der Waals surface area contributed by atoms with Crippen molar-refractivity contribution >= 4 is 11.8 Å². The summed E-state index contributed by atoms with van der Waals surface area (Å²) in [7, 11) is 2.00. The number of hydrogen-bond donors (Lipinski definition) is 2. The smallest absolute Gasteiger partial charge is 0.0731 e. The second-order valence-electron chi connectivity index (χ2n) is 4.76. The molecular weight excluding hydrogens is 220 g/mol. The molecule has 0 spiro atoms. The number of benzene rings is 1. The molecule has 92 valence electrons. The van der Waals surface area contributed by atoms with E-state index in [2.05, 4.69) is 59.2 Å². The van der Waals surface area contributed by atoms with Crippen molar-refractivity contribution in [2.75, 3.05) is 18.9 Å². The highest BCUT2D eigenvalue weighted by Crippen LogP contribution is 2.33. The van der Waals surface area contributed by atoms with E-state index in [1.807, 2.05) is 7.05 Å². The molecule has 2 N–H and O–H groups in total. The highest BCUT2D eigenvalue weighted by molar-refractivity contribution is 5.77. The van der Waals surface area contributed by atoms with Gasteiger partial charge in [-0.15, -0.1) is 0 Å². The Morgan fingerprint density at radius 3 is 3.06 bits per heavy atom. The van der Waals surface area contributed by atoms with Crippen molar-refractivity contribution in [1.82, 2.24) is 5.32 Å². The summed E-state index contributed by atoms with van der Waals surface area (Å²) in [4.78, 5) is 0. The maximum atomic E-state index is 3.64. The van der Waals surface area contributed by atoms with Gasteiger partial charge in [-0.1, -0.05) is 36.4 Å². The van der Waals surface area contributed by atoms with Crippen LogP contribution in [0.25, 0.3) is 6.08 Å². The van der Waals surface area contributed by atoms with Crippen LogP contribution in [-0.4, -0.2) is 19.6 Å². The van der Waals surface area contributed by atoms with E-state index < -0.39 is 0 Å². The van der Waals surface area contributed by atoms with E-state index in [-0.39, 0.29) is 0 Å². The molecule has 1 aromatic carbocycles. The van der Waals surface area contributed by atoms with Gasteiger partial charge < -0.3 is 10.6 Å². The average Bonchev–Trinajstić information content (AvgIpc) is 2.43. The zero-order valence-corrected chi connectivity index (χ0v) is 10.6. The number of nitrogens with one attached hydrogen (secondary N) is 2. The van der Waals surface area contributed by atoms with Crippen molar-refractivity contribution in [2.45, 2.75) is 12.5 Å². The van der Waals surface area contributed by atoms with E-state index in [0.29, 0.717) is 6.04 Å². The normalized spacial score (nSPS) is 20.4. The number of para-hydroxylation sites is 1. The Morgan fingerprint density at radius 2 is 2.17 bits per heavy atom. The first-order valence-corrected chi connectivity index (χ1v) is 6.47.